The van der Waals surface area contributed by atoms with Crippen molar-refractivity contribution in [1.82, 2.24) is 5.32 Å². The van der Waals surface area contributed by atoms with E-state index in [1.54, 1.807) is 18.2 Å². The molecule has 100 valence electrons. The van der Waals surface area contributed by atoms with E-state index >= 15 is 0 Å². The van der Waals surface area contributed by atoms with Crippen molar-refractivity contribution in [2.24, 2.45) is 0 Å². The van der Waals surface area contributed by atoms with E-state index in [9.17, 15) is 14.0 Å². The number of fused-ring (bicyclic) bond motifs is 1. The molecule has 0 spiro atoms. The van der Waals surface area contributed by atoms with Crippen LogP contribution in [0.4, 0.5) is 21.5 Å². The number of carbonyl (C=O) groups excluding carboxylic acids is 2. The van der Waals surface area contributed by atoms with Crippen molar-refractivity contribution in [1.29, 1.82) is 0 Å². The Hall–Kier alpha value is -2.89. The van der Waals surface area contributed by atoms with Gasteiger partial charge in [0.15, 0.2) is 0 Å². The Labute approximate surface area is 113 Å². The molecular weight excluding hydrogens is 261 g/mol. The van der Waals surface area contributed by atoms with Crippen LogP contribution in [0.1, 0.15) is 20.7 Å². The van der Waals surface area contributed by atoms with Crippen molar-refractivity contribution in [3.05, 3.63) is 53.3 Å². The monoisotopic (exact) mass is 271 g/mol. The normalized spacial score (nSPS) is 13.1. The van der Waals surface area contributed by atoms with Crippen LogP contribution in [0.3, 0.4) is 0 Å². The molecule has 0 unspecified atom stereocenters. The quantitative estimate of drug-likeness (QED) is 0.576. The lowest BCUT2D eigenvalue weighted by molar-refractivity contribution is 0.0879. The van der Waals surface area contributed by atoms with Crippen LogP contribution in [0.15, 0.2) is 36.4 Å². The van der Waals surface area contributed by atoms with E-state index < -0.39 is 17.6 Å². The molecule has 0 atom stereocenters. The minimum Gasteiger partial charge on any atom is -0.399 e. The summed E-state index contributed by atoms with van der Waals surface area (Å²) in [5.74, 6) is -1.31. The van der Waals surface area contributed by atoms with E-state index in [4.69, 9.17) is 5.73 Å². The van der Waals surface area contributed by atoms with Gasteiger partial charge in [-0.2, -0.15) is 0 Å². The van der Waals surface area contributed by atoms with E-state index in [-0.39, 0.29) is 0 Å². The fourth-order valence-corrected chi connectivity index (χ4v) is 2.10. The number of benzene rings is 2. The van der Waals surface area contributed by atoms with Gasteiger partial charge >= 0.3 is 0 Å². The van der Waals surface area contributed by atoms with Crippen molar-refractivity contribution in [2.45, 2.75) is 0 Å². The van der Waals surface area contributed by atoms with E-state index in [2.05, 4.69) is 10.6 Å². The maximum Gasteiger partial charge on any atom is 0.259 e. The topological polar surface area (TPSA) is 84.2 Å². The van der Waals surface area contributed by atoms with Crippen LogP contribution in [-0.4, -0.2) is 11.8 Å². The van der Waals surface area contributed by atoms with Crippen molar-refractivity contribution in [2.75, 3.05) is 11.1 Å². The Kier molecular flexibility index (Phi) is 2.64. The molecule has 0 saturated heterocycles. The van der Waals surface area contributed by atoms with Gasteiger partial charge in [0.1, 0.15) is 5.82 Å². The number of nitrogens with two attached hydrogens (primary N) is 1. The van der Waals surface area contributed by atoms with E-state index in [0.717, 1.165) is 0 Å². The standard InChI is InChI=1S/C14H10FN3O2/c15-7-3-8(16)5-10(4-7)17-9-1-2-11-12(6-9)14(20)18-13(11)19/h1-6,17H,16H2,(H,18,19,20). The summed E-state index contributed by atoms with van der Waals surface area (Å²) in [5, 5.41) is 5.15. The maximum atomic E-state index is 13.2. The smallest absolute Gasteiger partial charge is 0.259 e. The van der Waals surface area contributed by atoms with E-state index in [0.29, 0.717) is 28.2 Å². The van der Waals surface area contributed by atoms with Gasteiger partial charge in [-0.3, -0.25) is 14.9 Å². The van der Waals surface area contributed by atoms with Crippen molar-refractivity contribution in [3.8, 4) is 0 Å². The third-order valence-electron chi connectivity index (χ3n) is 2.94. The van der Waals surface area contributed by atoms with Crippen LogP contribution in [0.25, 0.3) is 0 Å². The predicted molar refractivity (Wildman–Crippen MR) is 72.3 cm³/mol. The SMILES string of the molecule is Nc1cc(F)cc(Nc2ccc3c(c2)C(=O)NC3=O)c1. The first-order valence-electron chi connectivity index (χ1n) is 5.86. The highest BCUT2D eigenvalue weighted by molar-refractivity contribution is 6.21. The van der Waals surface area contributed by atoms with Gasteiger partial charge in [-0.1, -0.05) is 0 Å². The van der Waals surface area contributed by atoms with Gasteiger partial charge < -0.3 is 11.1 Å². The predicted octanol–water partition coefficient (Wildman–Crippen LogP) is 2.04. The second kappa shape index (κ2) is 4.34. The fourth-order valence-electron chi connectivity index (χ4n) is 2.10. The highest BCUT2D eigenvalue weighted by Crippen LogP contribution is 2.24. The summed E-state index contributed by atoms with van der Waals surface area (Å²) < 4.78 is 13.2. The van der Waals surface area contributed by atoms with Crippen molar-refractivity contribution < 1.29 is 14.0 Å². The second-order valence-electron chi connectivity index (χ2n) is 4.44. The Bertz CT molecular complexity index is 723. The molecule has 6 heteroatoms. The molecule has 0 fully saturated rings. The van der Waals surface area contributed by atoms with Gasteiger partial charge in [-0.05, 0) is 36.4 Å². The third-order valence-corrected chi connectivity index (χ3v) is 2.94. The molecule has 2 aromatic carbocycles. The first-order valence-corrected chi connectivity index (χ1v) is 5.86. The zero-order chi connectivity index (χ0) is 14.3. The van der Waals surface area contributed by atoms with Gasteiger partial charge in [0.2, 0.25) is 0 Å². The molecule has 0 radical (unpaired) electrons. The molecule has 2 amide bonds. The summed E-state index contributed by atoms with van der Waals surface area (Å²) in [6.07, 6.45) is 0. The number of hydrogen-bond acceptors (Lipinski definition) is 4. The molecule has 0 aliphatic carbocycles. The molecule has 2 aromatic rings. The maximum absolute atomic E-state index is 13.2. The minimum atomic E-state index is -0.457. The second-order valence-corrected chi connectivity index (χ2v) is 4.44. The highest BCUT2D eigenvalue weighted by atomic mass is 19.1. The van der Waals surface area contributed by atoms with Gasteiger partial charge in [0.05, 0.1) is 11.1 Å². The Morgan fingerprint density at radius 1 is 0.950 bits per heavy atom. The number of amides is 2. The summed E-state index contributed by atoms with van der Waals surface area (Å²) in [5.41, 5.74) is 7.51. The van der Waals surface area contributed by atoms with Crippen molar-refractivity contribution in [3.63, 3.8) is 0 Å². The van der Waals surface area contributed by atoms with Gasteiger partial charge in [-0.25, -0.2) is 4.39 Å². The summed E-state index contributed by atoms with van der Waals surface area (Å²) in [7, 11) is 0. The summed E-state index contributed by atoms with van der Waals surface area (Å²) in [4.78, 5) is 23.0. The molecule has 4 N–H and O–H groups in total. The number of nitrogen functional groups attached to an aromatic ring is 1. The lowest BCUT2D eigenvalue weighted by atomic mass is 10.1. The van der Waals surface area contributed by atoms with Crippen LogP contribution in [0.2, 0.25) is 0 Å². The van der Waals surface area contributed by atoms with Crippen LogP contribution in [-0.2, 0) is 0 Å². The van der Waals surface area contributed by atoms with Crippen LogP contribution in [0, 0.1) is 5.82 Å². The zero-order valence-corrected chi connectivity index (χ0v) is 10.2. The van der Waals surface area contributed by atoms with Crippen molar-refractivity contribution >= 4 is 28.9 Å². The Morgan fingerprint density at radius 2 is 1.70 bits per heavy atom. The molecule has 3 rings (SSSR count). The Balaban J connectivity index is 1.94. The first-order chi connectivity index (χ1) is 9.52. The summed E-state index contributed by atoms with van der Waals surface area (Å²) in [6, 6.07) is 8.78. The van der Waals surface area contributed by atoms with E-state index in [1.165, 1.54) is 18.2 Å². The number of halogens is 1. The number of hydrogen-bond donors (Lipinski definition) is 3. The summed E-state index contributed by atoms with van der Waals surface area (Å²) in [6.45, 7) is 0. The molecule has 0 bridgehead atoms. The first kappa shape index (κ1) is 12.2. The zero-order valence-electron chi connectivity index (χ0n) is 10.2. The lowest BCUT2D eigenvalue weighted by Gasteiger charge is -2.08. The van der Waals surface area contributed by atoms with Crippen LogP contribution in [0.5, 0.6) is 0 Å². The minimum absolute atomic E-state index is 0.293. The molecule has 20 heavy (non-hydrogen) atoms. The Morgan fingerprint density at radius 3 is 2.45 bits per heavy atom. The number of anilines is 3. The molecule has 5 nitrogen and oxygen atoms in total. The number of nitrogens with one attached hydrogen (secondary N) is 2. The molecule has 1 heterocycles. The number of rotatable bonds is 2. The van der Waals surface area contributed by atoms with Gasteiger partial charge in [0.25, 0.3) is 11.8 Å². The van der Waals surface area contributed by atoms with Gasteiger partial charge in [0, 0.05) is 17.1 Å². The molecule has 0 aromatic heterocycles. The van der Waals surface area contributed by atoms with E-state index in [1.807, 2.05) is 0 Å². The largest absolute Gasteiger partial charge is 0.399 e. The highest BCUT2D eigenvalue weighted by Gasteiger charge is 2.26. The molecule has 1 aliphatic rings. The average Bonchev–Trinajstić information content (AvgIpc) is 2.63. The lowest BCUT2D eigenvalue weighted by Crippen LogP contribution is -2.19. The molecule has 0 saturated carbocycles. The summed E-state index contributed by atoms with van der Waals surface area (Å²) >= 11 is 0. The van der Waals surface area contributed by atoms with Crippen LogP contribution >= 0.6 is 0 Å². The van der Waals surface area contributed by atoms with Crippen LogP contribution < -0.4 is 16.4 Å². The molecular formula is C14H10FN3O2. The molecule has 1 aliphatic heterocycles. The van der Waals surface area contributed by atoms with Gasteiger partial charge in [-0.15, -0.1) is 0 Å². The number of carbonyl (C=O) groups is 2. The average molecular weight is 271 g/mol. The third kappa shape index (κ3) is 2.07. The fraction of sp³-hybridized carbons (Fsp3) is 0. The number of imide groups is 1.